The van der Waals surface area contributed by atoms with Crippen LogP contribution in [0.3, 0.4) is 0 Å². The minimum atomic E-state index is -0.280. The van der Waals surface area contributed by atoms with Crippen LogP contribution in [0, 0.1) is 6.92 Å². The second-order valence-corrected chi connectivity index (χ2v) is 20.2. The van der Waals surface area contributed by atoms with Gasteiger partial charge in [0, 0.05) is 62.0 Å². The minimum Gasteiger partial charge on any atom is -0.355 e. The number of para-hydroxylation sites is 2. The third-order valence-corrected chi connectivity index (χ3v) is 15.4. The lowest BCUT2D eigenvalue weighted by molar-refractivity contribution is 0.661. The molecule has 11 aromatic rings. The fourth-order valence-electron chi connectivity index (χ4n) is 11.7. The number of nitrogens with one attached hydrogen (secondary N) is 1. The zero-order valence-corrected chi connectivity index (χ0v) is 41.9. The Labute approximate surface area is 436 Å². The summed E-state index contributed by atoms with van der Waals surface area (Å²) < 4.78 is 0. The summed E-state index contributed by atoms with van der Waals surface area (Å²) in [5, 5.41) is 4.00. The van der Waals surface area contributed by atoms with Gasteiger partial charge in [0.25, 0.3) is 0 Å². The Balaban J connectivity index is 1.07. The van der Waals surface area contributed by atoms with Crippen molar-refractivity contribution >= 4 is 63.7 Å². The minimum absolute atomic E-state index is 0.280. The molecular formula is C70H54BN3. The molecule has 4 heteroatoms. The Hall–Kier alpha value is -9.12. The summed E-state index contributed by atoms with van der Waals surface area (Å²) in [5.74, 6) is 0. The smallest absolute Gasteiger partial charge is 0.198 e. The standard InChI is InChI=1S/C70H54BN3/c1-47-43-52(49-23-11-5-12-24-49)36-42-65(47)74-66-45-57(73(55-27-15-7-16-28-55)56-29-17-8-18-30-56)39-41-63(66)71-68-60(46-62-67(69(68)74)59-31-19-20-32-61(59)70(62,2)3)58-40-35-53(50-25-13-6-14-26-50)44-64(58)72-54-37-33-51(34-38-54)48-21-9-4-10-22-48/h4-46,71-72H,1-3H3. The molecule has 0 saturated carbocycles. The van der Waals surface area contributed by atoms with Crippen LogP contribution in [0.1, 0.15) is 30.5 Å². The van der Waals surface area contributed by atoms with Crippen LogP contribution in [-0.2, 0) is 5.41 Å². The van der Waals surface area contributed by atoms with E-state index in [2.05, 4.69) is 297 Å². The van der Waals surface area contributed by atoms with Gasteiger partial charge in [-0.3, -0.25) is 0 Å². The van der Waals surface area contributed by atoms with Gasteiger partial charge >= 0.3 is 0 Å². The molecule has 0 fully saturated rings. The van der Waals surface area contributed by atoms with Crippen molar-refractivity contribution < 1.29 is 0 Å². The summed E-state index contributed by atoms with van der Waals surface area (Å²) in [6, 6.07) is 95.4. The predicted molar refractivity (Wildman–Crippen MR) is 316 cm³/mol. The molecule has 0 radical (unpaired) electrons. The number of rotatable bonds is 10. The summed E-state index contributed by atoms with van der Waals surface area (Å²) in [6.45, 7) is 7.11. The van der Waals surface area contributed by atoms with Gasteiger partial charge in [-0.05, 0) is 146 Å². The molecule has 11 aromatic carbocycles. The predicted octanol–water partition coefficient (Wildman–Crippen LogP) is 17.4. The van der Waals surface area contributed by atoms with Gasteiger partial charge in [0.2, 0.25) is 0 Å². The Morgan fingerprint density at radius 3 is 1.55 bits per heavy atom. The van der Waals surface area contributed by atoms with Crippen LogP contribution in [-0.4, -0.2) is 7.28 Å². The molecule has 0 spiro atoms. The van der Waals surface area contributed by atoms with Crippen LogP contribution in [0.5, 0.6) is 0 Å². The zero-order chi connectivity index (χ0) is 49.8. The molecule has 1 aliphatic heterocycles. The molecule has 3 nitrogen and oxygen atoms in total. The van der Waals surface area contributed by atoms with Crippen molar-refractivity contribution in [2.45, 2.75) is 26.2 Å². The van der Waals surface area contributed by atoms with Gasteiger partial charge in [0.05, 0.1) is 0 Å². The summed E-state index contributed by atoms with van der Waals surface area (Å²) in [4.78, 5) is 5.02. The Kier molecular flexibility index (Phi) is 11.2. The Morgan fingerprint density at radius 2 is 0.932 bits per heavy atom. The summed E-state index contributed by atoms with van der Waals surface area (Å²) >= 11 is 0. The van der Waals surface area contributed by atoms with E-state index in [4.69, 9.17) is 0 Å². The lowest BCUT2D eigenvalue weighted by Crippen LogP contribution is -2.42. The molecule has 0 saturated heterocycles. The maximum atomic E-state index is 4.00. The normalized spacial score (nSPS) is 12.7. The van der Waals surface area contributed by atoms with Crippen molar-refractivity contribution in [1.82, 2.24) is 0 Å². The van der Waals surface area contributed by atoms with E-state index in [9.17, 15) is 0 Å². The van der Waals surface area contributed by atoms with E-state index < -0.39 is 0 Å². The molecule has 2 aliphatic rings. The summed E-state index contributed by atoms with van der Waals surface area (Å²) in [6.07, 6.45) is 0. The monoisotopic (exact) mass is 947 g/mol. The molecule has 1 heterocycles. The number of fused-ring (bicyclic) bond motifs is 6. The van der Waals surface area contributed by atoms with E-state index in [1.807, 2.05) is 0 Å². The summed E-state index contributed by atoms with van der Waals surface area (Å²) in [5.41, 5.74) is 27.3. The van der Waals surface area contributed by atoms with Crippen LogP contribution in [0.25, 0.3) is 55.6 Å². The van der Waals surface area contributed by atoms with E-state index in [-0.39, 0.29) is 5.41 Å². The van der Waals surface area contributed by atoms with Gasteiger partial charge in [0.15, 0.2) is 7.28 Å². The highest BCUT2D eigenvalue weighted by molar-refractivity contribution is 6.73. The summed E-state index contributed by atoms with van der Waals surface area (Å²) in [7, 11) is 0.746. The van der Waals surface area contributed by atoms with E-state index in [1.165, 1.54) is 83.5 Å². The first-order valence-corrected chi connectivity index (χ1v) is 25.8. The van der Waals surface area contributed by atoms with Crippen LogP contribution < -0.4 is 26.0 Å². The van der Waals surface area contributed by atoms with E-state index >= 15 is 0 Å². The first-order valence-electron chi connectivity index (χ1n) is 25.8. The van der Waals surface area contributed by atoms with Gasteiger partial charge in [-0.15, -0.1) is 0 Å². The average molecular weight is 948 g/mol. The number of hydrogen-bond donors (Lipinski definition) is 1. The highest BCUT2D eigenvalue weighted by Crippen LogP contribution is 2.56. The maximum absolute atomic E-state index is 4.00. The number of nitrogens with zero attached hydrogens (tertiary/aromatic N) is 2. The van der Waals surface area contributed by atoms with Gasteiger partial charge in [0.1, 0.15) is 0 Å². The molecule has 0 bridgehead atoms. The maximum Gasteiger partial charge on any atom is 0.198 e. The average Bonchev–Trinajstić information content (AvgIpc) is 3.69. The fraction of sp³-hybridized carbons (Fsp3) is 0.0571. The van der Waals surface area contributed by atoms with Crippen molar-refractivity contribution in [3.8, 4) is 55.6 Å². The zero-order valence-electron chi connectivity index (χ0n) is 41.9. The van der Waals surface area contributed by atoms with E-state index in [0.717, 1.165) is 52.5 Å². The highest BCUT2D eigenvalue weighted by atomic mass is 15.2. The number of anilines is 8. The van der Waals surface area contributed by atoms with Crippen molar-refractivity contribution in [2.24, 2.45) is 0 Å². The van der Waals surface area contributed by atoms with Crippen molar-refractivity contribution in [3.63, 3.8) is 0 Å². The molecule has 1 N–H and O–H groups in total. The molecular weight excluding hydrogens is 894 g/mol. The number of hydrogen-bond acceptors (Lipinski definition) is 3. The van der Waals surface area contributed by atoms with Crippen LogP contribution in [0.2, 0.25) is 0 Å². The third-order valence-electron chi connectivity index (χ3n) is 15.4. The molecule has 1 aliphatic carbocycles. The van der Waals surface area contributed by atoms with Gasteiger partial charge in [-0.1, -0.05) is 207 Å². The molecule has 74 heavy (non-hydrogen) atoms. The number of aryl methyl sites for hydroxylation is 1. The number of benzene rings is 11. The lowest BCUT2D eigenvalue weighted by atomic mass is 9.57. The molecule has 13 rings (SSSR count). The van der Waals surface area contributed by atoms with E-state index in [0.29, 0.717) is 0 Å². The first kappa shape index (κ1) is 44.8. The third kappa shape index (κ3) is 7.87. The quantitative estimate of drug-likeness (QED) is 0.138. The van der Waals surface area contributed by atoms with Crippen LogP contribution in [0.4, 0.5) is 45.5 Å². The molecule has 0 unspecified atom stereocenters. The SMILES string of the molecule is Cc1cc(-c2ccccc2)ccc1N1c2cc(N(c3ccccc3)c3ccccc3)ccc2Bc2c(-c3ccc(-c4ccccc4)cc3Nc3ccc(-c4ccccc4)cc3)cc3c(c21)-c1ccccc1C3(C)C. The highest BCUT2D eigenvalue weighted by Gasteiger charge is 2.42. The Morgan fingerprint density at radius 1 is 0.405 bits per heavy atom. The molecule has 0 amide bonds. The van der Waals surface area contributed by atoms with Gasteiger partial charge < -0.3 is 15.1 Å². The molecule has 0 aromatic heterocycles. The second kappa shape index (κ2) is 18.5. The largest absolute Gasteiger partial charge is 0.355 e. The second-order valence-electron chi connectivity index (χ2n) is 20.2. The first-order chi connectivity index (χ1) is 36.4. The van der Waals surface area contributed by atoms with E-state index in [1.54, 1.807) is 0 Å². The lowest BCUT2D eigenvalue weighted by Gasteiger charge is -2.39. The van der Waals surface area contributed by atoms with Crippen molar-refractivity contribution in [3.05, 3.63) is 278 Å². The molecule has 352 valence electrons. The van der Waals surface area contributed by atoms with Gasteiger partial charge in [-0.25, -0.2) is 0 Å². The van der Waals surface area contributed by atoms with Crippen molar-refractivity contribution in [1.29, 1.82) is 0 Å². The van der Waals surface area contributed by atoms with Crippen LogP contribution >= 0.6 is 0 Å². The fourth-order valence-corrected chi connectivity index (χ4v) is 11.7. The topological polar surface area (TPSA) is 18.5 Å². The van der Waals surface area contributed by atoms with Crippen LogP contribution in [0.15, 0.2) is 261 Å². The van der Waals surface area contributed by atoms with Gasteiger partial charge in [-0.2, -0.15) is 0 Å². The van der Waals surface area contributed by atoms with Crippen molar-refractivity contribution in [2.75, 3.05) is 15.1 Å². The Bertz CT molecular complexity index is 3820. The molecule has 0 atom stereocenters.